The van der Waals surface area contributed by atoms with Crippen LogP contribution in [-0.4, -0.2) is 48.5 Å². The molecule has 0 aromatic carbocycles. The van der Waals surface area contributed by atoms with Crippen molar-refractivity contribution >= 4 is 22.2 Å². The molecule has 0 unspecified atom stereocenters. The number of hydrogen-bond acceptors (Lipinski definition) is 5. The summed E-state index contributed by atoms with van der Waals surface area (Å²) in [6, 6.07) is 0. The minimum atomic E-state index is -4.04. The first-order valence-electron chi connectivity index (χ1n) is 6.01. The van der Waals surface area contributed by atoms with Crippen molar-refractivity contribution in [3.05, 3.63) is 12.7 Å². The van der Waals surface area contributed by atoms with Gasteiger partial charge in [-0.25, -0.2) is 14.5 Å². The summed E-state index contributed by atoms with van der Waals surface area (Å²) in [6.07, 6.45) is 1.06. The fourth-order valence-electron chi connectivity index (χ4n) is 1.47. The Bertz CT molecular complexity index is 509. The van der Waals surface area contributed by atoms with Crippen molar-refractivity contribution < 1.29 is 22.7 Å². The molecule has 1 N–H and O–H groups in total. The highest BCUT2D eigenvalue weighted by molar-refractivity contribution is 7.88. The first-order chi connectivity index (χ1) is 9.07. The van der Waals surface area contributed by atoms with Crippen LogP contribution in [0.5, 0.6) is 0 Å². The van der Waals surface area contributed by atoms with Crippen molar-refractivity contribution in [3.8, 4) is 0 Å². The van der Waals surface area contributed by atoms with Crippen LogP contribution in [0.3, 0.4) is 0 Å². The fourth-order valence-corrected chi connectivity index (χ4v) is 2.63. The van der Waals surface area contributed by atoms with Gasteiger partial charge < -0.3 is 4.74 Å². The molecular weight excluding hydrogens is 286 g/mol. The SMILES string of the molecule is C=CCCN(C(=O)OC(C)(C)C)N1CC(=O)NS1(=O)=O. The second-order valence-electron chi connectivity index (χ2n) is 5.19. The van der Waals surface area contributed by atoms with E-state index in [0.717, 1.165) is 5.01 Å². The number of hydrogen-bond donors (Lipinski definition) is 1. The number of carbonyl (C=O) groups is 2. The van der Waals surface area contributed by atoms with Crippen LogP contribution in [-0.2, 0) is 19.7 Å². The minimum absolute atomic E-state index is 0.0482. The van der Waals surface area contributed by atoms with E-state index in [1.807, 2.05) is 0 Å². The van der Waals surface area contributed by atoms with E-state index in [1.54, 1.807) is 25.5 Å². The zero-order chi connectivity index (χ0) is 15.6. The maximum atomic E-state index is 12.1. The normalized spacial score (nSPS) is 18.4. The van der Waals surface area contributed by atoms with Gasteiger partial charge in [-0.15, -0.1) is 6.58 Å². The highest BCUT2D eigenvalue weighted by atomic mass is 32.2. The quantitative estimate of drug-likeness (QED) is 0.758. The fraction of sp³-hybridized carbons (Fsp3) is 0.636. The van der Waals surface area contributed by atoms with Crippen molar-refractivity contribution in [2.75, 3.05) is 13.1 Å². The second kappa shape index (κ2) is 5.80. The number of rotatable bonds is 4. The van der Waals surface area contributed by atoms with E-state index in [-0.39, 0.29) is 6.54 Å². The molecule has 1 fully saturated rings. The van der Waals surface area contributed by atoms with E-state index < -0.39 is 34.4 Å². The minimum Gasteiger partial charge on any atom is -0.443 e. The number of nitrogens with one attached hydrogen (secondary N) is 1. The van der Waals surface area contributed by atoms with Gasteiger partial charge in [-0.05, 0) is 27.2 Å². The van der Waals surface area contributed by atoms with Gasteiger partial charge in [0.2, 0.25) is 0 Å². The third kappa shape index (κ3) is 4.20. The summed E-state index contributed by atoms with van der Waals surface area (Å²) in [5, 5.41) is 0.889. The third-order valence-corrected chi connectivity index (χ3v) is 3.58. The predicted octanol–water partition coefficient (Wildman–Crippen LogP) is 0.391. The smallest absolute Gasteiger partial charge is 0.425 e. The summed E-state index contributed by atoms with van der Waals surface area (Å²) < 4.78 is 31.2. The largest absolute Gasteiger partial charge is 0.443 e. The summed E-state index contributed by atoms with van der Waals surface area (Å²) in [5.74, 6) is -0.697. The lowest BCUT2D eigenvalue weighted by Gasteiger charge is -2.31. The van der Waals surface area contributed by atoms with Crippen molar-refractivity contribution in [3.63, 3.8) is 0 Å². The summed E-state index contributed by atoms with van der Waals surface area (Å²) in [7, 11) is -4.04. The highest BCUT2D eigenvalue weighted by Gasteiger charge is 2.41. The molecule has 1 aliphatic heterocycles. The number of carbonyl (C=O) groups excluding carboxylic acids is 2. The van der Waals surface area contributed by atoms with Crippen LogP contribution in [0.15, 0.2) is 12.7 Å². The molecule has 2 amide bonds. The standard InChI is InChI=1S/C11H19N3O5S/c1-5-6-7-13(10(16)19-11(2,3)4)14-8-9(15)12-20(14,17)18/h5H,1,6-8H2,2-4H3,(H,12,15). The lowest BCUT2D eigenvalue weighted by molar-refractivity contribution is -0.119. The van der Waals surface area contributed by atoms with Gasteiger partial charge in [0, 0.05) is 6.54 Å². The highest BCUT2D eigenvalue weighted by Crippen LogP contribution is 2.16. The predicted molar refractivity (Wildman–Crippen MR) is 71.5 cm³/mol. The molecule has 1 rings (SSSR count). The van der Waals surface area contributed by atoms with Crippen molar-refractivity contribution in [1.29, 1.82) is 0 Å². The Kier molecular flexibility index (Phi) is 4.77. The van der Waals surface area contributed by atoms with Crippen molar-refractivity contribution in [1.82, 2.24) is 14.1 Å². The Morgan fingerprint density at radius 2 is 2.15 bits per heavy atom. The lowest BCUT2D eigenvalue weighted by Crippen LogP contribution is -2.50. The van der Waals surface area contributed by atoms with Gasteiger partial charge in [0.15, 0.2) is 0 Å². The Balaban J connectivity index is 2.97. The van der Waals surface area contributed by atoms with E-state index in [0.29, 0.717) is 10.8 Å². The molecule has 0 radical (unpaired) electrons. The number of ether oxygens (including phenoxy) is 1. The van der Waals surface area contributed by atoms with E-state index >= 15 is 0 Å². The molecule has 0 aromatic rings. The van der Waals surface area contributed by atoms with Crippen molar-refractivity contribution in [2.24, 2.45) is 0 Å². The van der Waals surface area contributed by atoms with Crippen molar-refractivity contribution in [2.45, 2.75) is 32.8 Å². The third-order valence-electron chi connectivity index (χ3n) is 2.22. The van der Waals surface area contributed by atoms with Gasteiger partial charge in [0.1, 0.15) is 12.1 Å². The molecule has 0 spiro atoms. The zero-order valence-electron chi connectivity index (χ0n) is 11.7. The van der Waals surface area contributed by atoms with Crippen LogP contribution >= 0.6 is 0 Å². The monoisotopic (exact) mass is 305 g/mol. The summed E-state index contributed by atoms with van der Waals surface area (Å²) in [6.45, 7) is 8.11. The Morgan fingerprint density at radius 1 is 1.55 bits per heavy atom. The van der Waals surface area contributed by atoms with Crippen LogP contribution in [0.25, 0.3) is 0 Å². The second-order valence-corrected chi connectivity index (χ2v) is 6.77. The Morgan fingerprint density at radius 3 is 2.55 bits per heavy atom. The van der Waals surface area contributed by atoms with Gasteiger partial charge in [-0.2, -0.15) is 8.42 Å². The first kappa shape index (κ1) is 16.4. The van der Waals surface area contributed by atoms with Crippen LogP contribution < -0.4 is 4.72 Å². The van der Waals surface area contributed by atoms with Crippen LogP contribution in [0.2, 0.25) is 0 Å². The van der Waals surface area contributed by atoms with Gasteiger partial charge in [-0.3, -0.25) is 4.79 Å². The molecule has 8 nitrogen and oxygen atoms in total. The zero-order valence-corrected chi connectivity index (χ0v) is 12.6. The molecule has 1 aliphatic rings. The van der Waals surface area contributed by atoms with Gasteiger partial charge in [0.05, 0.1) is 0 Å². The van der Waals surface area contributed by atoms with Gasteiger partial charge >= 0.3 is 16.3 Å². The summed E-state index contributed by atoms with van der Waals surface area (Å²) in [4.78, 5) is 23.3. The average Bonchev–Trinajstić information content (AvgIpc) is 2.50. The molecule has 9 heteroatoms. The molecular formula is C11H19N3O5S. The molecule has 0 bridgehead atoms. The molecule has 20 heavy (non-hydrogen) atoms. The van der Waals surface area contributed by atoms with E-state index in [4.69, 9.17) is 4.74 Å². The van der Waals surface area contributed by atoms with Crippen LogP contribution in [0, 0.1) is 0 Å². The van der Waals surface area contributed by atoms with E-state index in [9.17, 15) is 18.0 Å². The molecule has 1 heterocycles. The molecule has 1 saturated heterocycles. The number of hydrazine groups is 1. The lowest BCUT2D eigenvalue weighted by atomic mass is 10.2. The average molecular weight is 305 g/mol. The van der Waals surface area contributed by atoms with Crippen LogP contribution in [0.4, 0.5) is 4.79 Å². The van der Waals surface area contributed by atoms with Gasteiger partial charge in [-0.1, -0.05) is 10.5 Å². The molecule has 0 aromatic heterocycles. The topological polar surface area (TPSA) is 96.0 Å². The summed E-state index contributed by atoms with van der Waals surface area (Å²) >= 11 is 0. The van der Waals surface area contributed by atoms with Gasteiger partial charge in [0.25, 0.3) is 5.91 Å². The van der Waals surface area contributed by atoms with Crippen LogP contribution in [0.1, 0.15) is 27.2 Å². The van der Waals surface area contributed by atoms with E-state index in [2.05, 4.69) is 6.58 Å². The Labute approximate surface area is 118 Å². The maximum absolute atomic E-state index is 12.1. The Hall–Kier alpha value is -1.61. The maximum Gasteiger partial charge on any atom is 0.425 e. The summed E-state index contributed by atoms with van der Waals surface area (Å²) in [5.41, 5.74) is -0.773. The molecule has 0 atom stereocenters. The molecule has 0 aliphatic carbocycles. The van der Waals surface area contributed by atoms with E-state index in [1.165, 1.54) is 6.08 Å². The number of nitrogens with zero attached hydrogens (tertiary/aromatic N) is 2. The first-order valence-corrected chi connectivity index (χ1v) is 7.45. The molecule has 114 valence electrons. The molecule has 0 saturated carbocycles. The number of amides is 2.